The number of nitrogens with zero attached hydrogens (tertiary/aromatic N) is 1. The van der Waals surface area contributed by atoms with Crippen LogP contribution in [0, 0.1) is 5.82 Å². The van der Waals surface area contributed by atoms with Gasteiger partial charge in [0.1, 0.15) is 11.5 Å². The third-order valence-corrected chi connectivity index (χ3v) is 5.53. The van der Waals surface area contributed by atoms with Crippen LogP contribution in [-0.4, -0.2) is 39.4 Å². The van der Waals surface area contributed by atoms with E-state index in [1.807, 2.05) is 54.6 Å². The number of benzene rings is 3. The van der Waals surface area contributed by atoms with Crippen LogP contribution in [0.5, 0.6) is 0 Å². The summed E-state index contributed by atoms with van der Waals surface area (Å²) in [6.07, 6.45) is -1.57. The summed E-state index contributed by atoms with van der Waals surface area (Å²) >= 11 is 0. The summed E-state index contributed by atoms with van der Waals surface area (Å²) in [5, 5.41) is 25.6. The lowest BCUT2D eigenvalue weighted by molar-refractivity contribution is -0.147. The van der Waals surface area contributed by atoms with Crippen molar-refractivity contribution in [2.24, 2.45) is 0 Å². The predicted molar refractivity (Wildman–Crippen MR) is 127 cm³/mol. The molecule has 0 bridgehead atoms. The van der Waals surface area contributed by atoms with Gasteiger partial charge >= 0.3 is 5.97 Å². The Morgan fingerprint density at radius 2 is 1.60 bits per heavy atom. The molecule has 3 N–H and O–H groups in total. The molecular weight excluding hydrogens is 451 g/mol. The van der Waals surface area contributed by atoms with Crippen LogP contribution in [-0.2, 0) is 11.2 Å². The molecule has 35 heavy (non-hydrogen) atoms. The molecule has 2 atom stereocenters. The number of aliphatic carboxylic acids is 1. The van der Waals surface area contributed by atoms with Gasteiger partial charge in [-0.05, 0) is 35.2 Å². The molecular formula is C27H23FN2O5. The fourth-order valence-corrected chi connectivity index (χ4v) is 3.73. The minimum absolute atomic E-state index is 0.112. The molecule has 0 aliphatic carbocycles. The predicted octanol–water partition coefficient (Wildman–Crippen LogP) is 4.32. The first-order valence-corrected chi connectivity index (χ1v) is 11.0. The lowest BCUT2D eigenvalue weighted by Gasteiger charge is -2.20. The van der Waals surface area contributed by atoms with Gasteiger partial charge in [-0.15, -0.1) is 0 Å². The van der Waals surface area contributed by atoms with Crippen LogP contribution in [0.1, 0.15) is 22.5 Å². The van der Waals surface area contributed by atoms with Crippen molar-refractivity contribution in [3.05, 3.63) is 102 Å². The largest absolute Gasteiger partial charge is 0.479 e. The third kappa shape index (κ3) is 6.18. The molecule has 1 heterocycles. The van der Waals surface area contributed by atoms with Crippen LogP contribution < -0.4 is 5.32 Å². The van der Waals surface area contributed by atoms with Gasteiger partial charge in [0.15, 0.2) is 6.10 Å². The minimum Gasteiger partial charge on any atom is -0.479 e. The molecule has 4 aromatic rings. The monoisotopic (exact) mass is 474 g/mol. The molecule has 0 radical (unpaired) electrons. The van der Waals surface area contributed by atoms with Crippen molar-refractivity contribution in [1.82, 2.24) is 10.5 Å². The van der Waals surface area contributed by atoms with Crippen molar-refractivity contribution in [1.29, 1.82) is 0 Å². The second-order valence-electron chi connectivity index (χ2n) is 8.11. The van der Waals surface area contributed by atoms with Crippen LogP contribution in [0.2, 0.25) is 0 Å². The molecule has 0 saturated heterocycles. The number of carboxylic acid groups (broad SMARTS) is 1. The SMILES string of the molecule is O=C(NC(Cc1ccc(-c2ccccc2)cc1)CC(O)C(=O)O)c1cc(-c2cccc(F)c2)no1. The van der Waals surface area contributed by atoms with Gasteiger partial charge in [-0.25, -0.2) is 9.18 Å². The fraction of sp³-hybridized carbons (Fsp3) is 0.148. The van der Waals surface area contributed by atoms with Gasteiger partial charge in [0, 0.05) is 24.1 Å². The summed E-state index contributed by atoms with van der Waals surface area (Å²) in [6.45, 7) is 0. The van der Waals surface area contributed by atoms with E-state index in [2.05, 4.69) is 10.5 Å². The quantitative estimate of drug-likeness (QED) is 0.333. The van der Waals surface area contributed by atoms with Gasteiger partial charge in [-0.1, -0.05) is 71.9 Å². The van der Waals surface area contributed by atoms with Crippen LogP contribution in [0.4, 0.5) is 4.39 Å². The van der Waals surface area contributed by atoms with Crippen LogP contribution in [0.25, 0.3) is 22.4 Å². The number of carbonyl (C=O) groups is 2. The molecule has 0 saturated carbocycles. The number of carboxylic acids is 1. The van der Waals surface area contributed by atoms with Crippen molar-refractivity contribution in [2.45, 2.75) is 25.0 Å². The Kier molecular flexibility index (Phi) is 7.32. The number of hydrogen-bond donors (Lipinski definition) is 3. The summed E-state index contributed by atoms with van der Waals surface area (Å²) in [5.41, 5.74) is 3.67. The molecule has 8 heteroatoms. The summed E-state index contributed by atoms with van der Waals surface area (Å²) < 4.78 is 18.6. The Bertz CT molecular complexity index is 1300. The van der Waals surface area contributed by atoms with Crippen LogP contribution in [0.15, 0.2) is 89.5 Å². The minimum atomic E-state index is -1.65. The van der Waals surface area contributed by atoms with Gasteiger partial charge in [-0.3, -0.25) is 4.79 Å². The van der Waals surface area contributed by atoms with Crippen LogP contribution >= 0.6 is 0 Å². The number of carbonyl (C=O) groups excluding carboxylic acids is 1. The van der Waals surface area contributed by atoms with E-state index in [4.69, 9.17) is 9.63 Å². The lowest BCUT2D eigenvalue weighted by atomic mass is 9.97. The lowest BCUT2D eigenvalue weighted by Crippen LogP contribution is -2.40. The van der Waals surface area contributed by atoms with Crippen molar-refractivity contribution in [3.63, 3.8) is 0 Å². The van der Waals surface area contributed by atoms with Gasteiger partial charge in [0.05, 0.1) is 0 Å². The highest BCUT2D eigenvalue weighted by Gasteiger charge is 2.24. The van der Waals surface area contributed by atoms with Gasteiger partial charge in [0.2, 0.25) is 5.76 Å². The number of nitrogens with one attached hydrogen (secondary N) is 1. The molecule has 2 unspecified atom stereocenters. The van der Waals surface area contributed by atoms with E-state index in [-0.39, 0.29) is 24.3 Å². The van der Waals surface area contributed by atoms with E-state index in [1.165, 1.54) is 24.3 Å². The maximum Gasteiger partial charge on any atom is 0.332 e. The molecule has 4 rings (SSSR count). The zero-order valence-corrected chi connectivity index (χ0v) is 18.6. The zero-order valence-electron chi connectivity index (χ0n) is 18.6. The fourth-order valence-electron chi connectivity index (χ4n) is 3.73. The van der Waals surface area contributed by atoms with E-state index in [9.17, 15) is 19.1 Å². The van der Waals surface area contributed by atoms with E-state index < -0.39 is 29.8 Å². The first-order valence-electron chi connectivity index (χ1n) is 11.0. The topological polar surface area (TPSA) is 113 Å². The summed E-state index contributed by atoms with van der Waals surface area (Å²) in [7, 11) is 0. The van der Waals surface area contributed by atoms with Crippen molar-refractivity contribution >= 4 is 11.9 Å². The summed E-state index contributed by atoms with van der Waals surface area (Å²) in [6, 6.07) is 23.9. The van der Waals surface area contributed by atoms with E-state index in [0.717, 1.165) is 16.7 Å². The molecule has 3 aromatic carbocycles. The van der Waals surface area contributed by atoms with E-state index in [1.54, 1.807) is 6.07 Å². The Morgan fingerprint density at radius 3 is 2.29 bits per heavy atom. The number of aliphatic hydroxyl groups is 1. The Balaban J connectivity index is 1.49. The average Bonchev–Trinajstić information content (AvgIpc) is 3.36. The Hall–Kier alpha value is -4.30. The summed E-state index contributed by atoms with van der Waals surface area (Å²) in [5.74, 6) is -2.56. The molecule has 7 nitrogen and oxygen atoms in total. The standard InChI is InChI=1S/C27H23FN2O5/c28-21-8-4-7-20(14-21)23-16-25(35-30-23)26(32)29-22(15-24(31)27(33)34)13-17-9-11-19(12-10-17)18-5-2-1-3-6-18/h1-12,14,16,22,24,31H,13,15H2,(H,29,32)(H,33,34). The first-order chi connectivity index (χ1) is 16.9. The van der Waals surface area contributed by atoms with E-state index >= 15 is 0 Å². The number of hydrogen-bond acceptors (Lipinski definition) is 5. The second kappa shape index (κ2) is 10.8. The zero-order chi connectivity index (χ0) is 24.8. The first kappa shape index (κ1) is 23.8. The van der Waals surface area contributed by atoms with Crippen molar-refractivity contribution in [3.8, 4) is 22.4 Å². The van der Waals surface area contributed by atoms with Crippen molar-refractivity contribution in [2.75, 3.05) is 0 Å². The second-order valence-corrected chi connectivity index (χ2v) is 8.11. The average molecular weight is 474 g/mol. The molecule has 178 valence electrons. The molecule has 1 amide bonds. The number of halogens is 1. The Morgan fingerprint density at radius 1 is 0.914 bits per heavy atom. The normalized spacial score (nSPS) is 12.6. The highest BCUT2D eigenvalue weighted by molar-refractivity contribution is 5.92. The van der Waals surface area contributed by atoms with Crippen LogP contribution in [0.3, 0.4) is 0 Å². The highest BCUT2D eigenvalue weighted by atomic mass is 19.1. The summed E-state index contributed by atoms with van der Waals surface area (Å²) in [4.78, 5) is 24.0. The molecule has 0 fully saturated rings. The maximum absolute atomic E-state index is 13.5. The van der Waals surface area contributed by atoms with E-state index in [0.29, 0.717) is 5.56 Å². The number of rotatable bonds is 9. The number of aliphatic hydroxyl groups excluding tert-OH is 1. The van der Waals surface area contributed by atoms with Crippen molar-refractivity contribution < 1.29 is 28.7 Å². The van der Waals surface area contributed by atoms with Gasteiger partial charge < -0.3 is 20.1 Å². The molecule has 1 aromatic heterocycles. The smallest absolute Gasteiger partial charge is 0.332 e. The molecule has 0 spiro atoms. The Labute approximate surface area is 200 Å². The third-order valence-electron chi connectivity index (χ3n) is 5.53. The maximum atomic E-state index is 13.5. The number of amides is 1. The van der Waals surface area contributed by atoms with Gasteiger partial charge in [0.25, 0.3) is 5.91 Å². The molecule has 0 aliphatic heterocycles. The molecule has 0 aliphatic rings. The number of aromatic nitrogens is 1. The highest BCUT2D eigenvalue weighted by Crippen LogP contribution is 2.22. The van der Waals surface area contributed by atoms with Gasteiger partial charge in [-0.2, -0.15) is 0 Å².